The maximum Gasteiger partial charge on any atom is 0.253 e. The summed E-state index contributed by atoms with van der Waals surface area (Å²) in [4.78, 5) is 70.4. The third-order valence-electron chi connectivity index (χ3n) is 4.36. The first-order valence-corrected chi connectivity index (χ1v) is 9.52. The van der Waals surface area contributed by atoms with Crippen molar-refractivity contribution in [3.8, 4) is 0 Å². The number of ketones is 1. The molecule has 0 saturated heterocycles. The van der Waals surface area contributed by atoms with E-state index in [0.717, 1.165) is 4.90 Å². The van der Waals surface area contributed by atoms with Gasteiger partial charge in [0, 0.05) is 38.1 Å². The summed E-state index contributed by atoms with van der Waals surface area (Å²) in [7, 11) is 0. The number of Topliss-reactive ketones (excluding diaryl/α,β-unsaturated/α-hetero) is 1. The van der Waals surface area contributed by atoms with Gasteiger partial charge < -0.3 is 16.0 Å². The fourth-order valence-corrected chi connectivity index (χ4v) is 2.44. The second kappa shape index (κ2) is 11.7. The number of amides is 5. The Kier molecular flexibility index (Phi) is 9.70. The summed E-state index contributed by atoms with van der Waals surface area (Å²) in [6.45, 7) is 4.74. The van der Waals surface area contributed by atoms with E-state index in [1.165, 1.54) is 26.0 Å². The molecular formula is C19H28N4O6. The monoisotopic (exact) mass is 408 g/mol. The maximum atomic E-state index is 11.9. The molecule has 2 atom stereocenters. The molecule has 0 aromatic rings. The van der Waals surface area contributed by atoms with Crippen LogP contribution in [0, 0.1) is 0 Å². The Morgan fingerprint density at radius 3 is 2.00 bits per heavy atom. The number of hydrogen-bond acceptors (Lipinski definition) is 6. The van der Waals surface area contributed by atoms with Gasteiger partial charge >= 0.3 is 0 Å². The molecule has 0 spiro atoms. The molecule has 1 heterocycles. The number of imide groups is 1. The fraction of sp³-hybridized carbons (Fsp3) is 0.579. The average molecular weight is 408 g/mol. The lowest BCUT2D eigenvalue weighted by Gasteiger charge is -2.17. The molecule has 1 rings (SSSR count). The quantitative estimate of drug-likeness (QED) is 0.285. The van der Waals surface area contributed by atoms with Crippen LogP contribution in [-0.4, -0.2) is 65.4 Å². The summed E-state index contributed by atoms with van der Waals surface area (Å²) in [5.41, 5.74) is 0. The van der Waals surface area contributed by atoms with Crippen LogP contribution in [0.5, 0.6) is 0 Å². The Bertz CT molecular complexity index is 685. The number of hydrogen-bond donors (Lipinski definition) is 3. The van der Waals surface area contributed by atoms with E-state index in [1.54, 1.807) is 6.92 Å². The van der Waals surface area contributed by atoms with Crippen LogP contribution < -0.4 is 16.0 Å². The number of carbonyl (C=O) groups excluding carboxylic acids is 6. The van der Waals surface area contributed by atoms with Gasteiger partial charge in [-0.3, -0.25) is 33.7 Å². The van der Waals surface area contributed by atoms with Crippen LogP contribution in [0.3, 0.4) is 0 Å². The summed E-state index contributed by atoms with van der Waals surface area (Å²) in [5, 5.41) is 7.67. The van der Waals surface area contributed by atoms with Gasteiger partial charge in [0.15, 0.2) is 5.78 Å². The molecule has 1 aliphatic rings. The van der Waals surface area contributed by atoms with Crippen molar-refractivity contribution in [2.24, 2.45) is 0 Å². The van der Waals surface area contributed by atoms with Crippen molar-refractivity contribution < 1.29 is 28.8 Å². The first kappa shape index (κ1) is 24.0. The summed E-state index contributed by atoms with van der Waals surface area (Å²) < 4.78 is 0. The molecule has 0 saturated carbocycles. The standard InChI is InChI=1S/C19H28N4O6/c1-12(14(3)24)22-19(29)13(2)21-16(26)7-5-4-6-15(25)20-10-11-23-17(27)8-9-18(23)28/h8-9,12-13H,4-7,10-11H2,1-3H3,(H,20,25)(H,21,26)(H,22,29)/t12-,13-/m0/s1. The van der Waals surface area contributed by atoms with Gasteiger partial charge in [0.05, 0.1) is 6.04 Å². The number of rotatable bonds is 12. The van der Waals surface area contributed by atoms with Crippen LogP contribution in [-0.2, 0) is 28.8 Å². The molecule has 0 aromatic carbocycles. The second-order valence-electron chi connectivity index (χ2n) is 6.85. The van der Waals surface area contributed by atoms with Crippen molar-refractivity contribution in [2.45, 2.75) is 58.5 Å². The van der Waals surface area contributed by atoms with E-state index >= 15 is 0 Å². The van der Waals surface area contributed by atoms with Gasteiger partial charge in [-0.15, -0.1) is 0 Å². The van der Waals surface area contributed by atoms with Crippen molar-refractivity contribution in [2.75, 3.05) is 13.1 Å². The van der Waals surface area contributed by atoms with Gasteiger partial charge in [-0.2, -0.15) is 0 Å². The molecule has 0 fully saturated rings. The fourth-order valence-electron chi connectivity index (χ4n) is 2.44. The Morgan fingerprint density at radius 1 is 0.897 bits per heavy atom. The molecule has 5 amide bonds. The predicted molar refractivity (Wildman–Crippen MR) is 103 cm³/mol. The molecule has 0 bridgehead atoms. The van der Waals surface area contributed by atoms with E-state index in [9.17, 15) is 28.8 Å². The zero-order valence-electron chi connectivity index (χ0n) is 16.9. The topological polar surface area (TPSA) is 142 Å². The maximum absolute atomic E-state index is 11.9. The smallest absolute Gasteiger partial charge is 0.253 e. The highest BCUT2D eigenvalue weighted by Gasteiger charge is 2.22. The predicted octanol–water partition coefficient (Wildman–Crippen LogP) is -0.814. The minimum absolute atomic E-state index is 0.112. The molecule has 0 unspecified atom stereocenters. The van der Waals surface area contributed by atoms with Gasteiger partial charge in [-0.05, 0) is 33.6 Å². The summed E-state index contributed by atoms with van der Waals surface area (Å²) in [6.07, 6.45) is 3.68. The highest BCUT2D eigenvalue weighted by molar-refractivity contribution is 6.12. The van der Waals surface area contributed by atoms with Crippen molar-refractivity contribution in [3.05, 3.63) is 12.2 Å². The second-order valence-corrected chi connectivity index (χ2v) is 6.85. The van der Waals surface area contributed by atoms with Gasteiger partial charge in [-0.1, -0.05) is 0 Å². The Balaban J connectivity index is 2.13. The molecule has 0 radical (unpaired) electrons. The van der Waals surface area contributed by atoms with Gasteiger partial charge in [-0.25, -0.2) is 0 Å². The highest BCUT2D eigenvalue weighted by atomic mass is 16.2. The molecular weight excluding hydrogens is 380 g/mol. The lowest BCUT2D eigenvalue weighted by atomic mass is 10.1. The van der Waals surface area contributed by atoms with E-state index in [4.69, 9.17) is 0 Å². The van der Waals surface area contributed by atoms with Crippen molar-refractivity contribution in [3.63, 3.8) is 0 Å². The van der Waals surface area contributed by atoms with E-state index < -0.39 is 29.8 Å². The van der Waals surface area contributed by atoms with Crippen molar-refractivity contribution in [1.82, 2.24) is 20.9 Å². The van der Waals surface area contributed by atoms with Crippen LogP contribution >= 0.6 is 0 Å². The van der Waals surface area contributed by atoms with Crippen LogP contribution in [0.2, 0.25) is 0 Å². The zero-order chi connectivity index (χ0) is 22.0. The van der Waals surface area contributed by atoms with Crippen LogP contribution in [0.15, 0.2) is 12.2 Å². The number of nitrogens with zero attached hydrogens (tertiary/aromatic N) is 1. The first-order valence-electron chi connectivity index (χ1n) is 9.52. The first-order chi connectivity index (χ1) is 13.6. The van der Waals surface area contributed by atoms with Gasteiger partial charge in [0.2, 0.25) is 17.7 Å². The largest absolute Gasteiger partial charge is 0.354 e. The number of carbonyl (C=O) groups is 6. The molecule has 1 aliphatic heterocycles. The van der Waals surface area contributed by atoms with E-state index in [1.807, 2.05) is 0 Å². The summed E-state index contributed by atoms with van der Waals surface area (Å²) in [6, 6.07) is -1.38. The number of nitrogens with one attached hydrogen (secondary N) is 3. The third kappa shape index (κ3) is 8.67. The van der Waals surface area contributed by atoms with E-state index in [0.29, 0.717) is 12.8 Å². The van der Waals surface area contributed by atoms with E-state index in [-0.39, 0.29) is 43.5 Å². The zero-order valence-corrected chi connectivity index (χ0v) is 16.9. The Morgan fingerprint density at radius 2 is 1.45 bits per heavy atom. The minimum atomic E-state index is -0.766. The highest BCUT2D eigenvalue weighted by Crippen LogP contribution is 2.03. The lowest BCUT2D eigenvalue weighted by molar-refractivity contribution is -0.137. The van der Waals surface area contributed by atoms with Gasteiger partial charge in [0.1, 0.15) is 6.04 Å². The minimum Gasteiger partial charge on any atom is -0.354 e. The summed E-state index contributed by atoms with van der Waals surface area (Å²) >= 11 is 0. The van der Waals surface area contributed by atoms with Crippen molar-refractivity contribution in [1.29, 1.82) is 0 Å². The lowest BCUT2D eigenvalue weighted by Crippen LogP contribution is -2.48. The van der Waals surface area contributed by atoms with Crippen LogP contribution in [0.25, 0.3) is 0 Å². The Hall–Kier alpha value is -3.04. The molecule has 10 nitrogen and oxygen atoms in total. The van der Waals surface area contributed by atoms with E-state index in [2.05, 4.69) is 16.0 Å². The molecule has 160 valence electrons. The SMILES string of the molecule is CC(=O)[C@H](C)NC(=O)[C@H](C)NC(=O)CCCCC(=O)NCCN1C(=O)C=CC1=O. The normalized spacial score (nSPS) is 15.1. The third-order valence-corrected chi connectivity index (χ3v) is 4.36. The summed E-state index contributed by atoms with van der Waals surface area (Å²) in [5.74, 6) is -1.95. The van der Waals surface area contributed by atoms with Crippen LogP contribution in [0.4, 0.5) is 0 Å². The molecule has 10 heteroatoms. The molecule has 0 aliphatic carbocycles. The number of unbranched alkanes of at least 4 members (excludes halogenated alkanes) is 1. The van der Waals surface area contributed by atoms with Gasteiger partial charge in [0.25, 0.3) is 11.8 Å². The molecule has 29 heavy (non-hydrogen) atoms. The van der Waals surface area contributed by atoms with Crippen molar-refractivity contribution >= 4 is 35.3 Å². The average Bonchev–Trinajstić information content (AvgIpc) is 2.97. The Labute approximate surface area is 169 Å². The molecule has 0 aromatic heterocycles. The van der Waals surface area contributed by atoms with Crippen LogP contribution in [0.1, 0.15) is 46.5 Å². The molecule has 3 N–H and O–H groups in total.